The highest BCUT2D eigenvalue weighted by Gasteiger charge is 2.70. The van der Waals surface area contributed by atoms with Crippen molar-refractivity contribution in [1.29, 1.82) is 0 Å². The van der Waals surface area contributed by atoms with E-state index in [1.807, 2.05) is 0 Å². The van der Waals surface area contributed by atoms with E-state index in [1.54, 1.807) is 0 Å². The van der Waals surface area contributed by atoms with Gasteiger partial charge in [-0.15, -0.1) is 0 Å². The fraction of sp³-hybridized carbons (Fsp3) is 1.00. The number of hydrogen-bond acceptors (Lipinski definition) is 1. The van der Waals surface area contributed by atoms with Crippen LogP contribution >= 0.6 is 0 Å². The van der Waals surface area contributed by atoms with Gasteiger partial charge in [0.2, 0.25) is 0 Å². The molecular weight excluding hydrogens is 242 g/mol. The third-order valence-electron chi connectivity index (χ3n) is 7.28. The average Bonchev–Trinajstić information content (AvgIpc) is 2.92. The molecule has 0 heterocycles. The second-order valence-corrected chi connectivity index (χ2v) is 8.30. The van der Waals surface area contributed by atoms with Crippen LogP contribution in [0.1, 0.15) is 80.6 Å². The van der Waals surface area contributed by atoms with Gasteiger partial charge in [0.05, 0.1) is 0 Å². The molecule has 0 bridgehead atoms. The third-order valence-corrected chi connectivity index (χ3v) is 7.28. The summed E-state index contributed by atoms with van der Waals surface area (Å²) in [5.41, 5.74) is 1.46. The predicted octanol–water partition coefficient (Wildman–Crippen LogP) is 5.60. The SMILES string of the molecule is CCCC1(C)CC1(C)C(C)(C(C)CC)C(CC)N(C)C. The Kier molecular flexibility index (Phi) is 5.39. The molecule has 0 aromatic rings. The molecule has 0 saturated heterocycles. The second kappa shape index (κ2) is 5.99. The molecule has 1 heteroatoms. The van der Waals surface area contributed by atoms with Crippen LogP contribution in [-0.2, 0) is 0 Å². The summed E-state index contributed by atoms with van der Waals surface area (Å²) in [5.74, 6) is 0.776. The molecular formula is C19H39N. The zero-order chi connectivity index (χ0) is 15.8. The monoisotopic (exact) mass is 281 g/mol. The summed E-state index contributed by atoms with van der Waals surface area (Å²) >= 11 is 0. The molecule has 1 aliphatic carbocycles. The molecule has 0 aromatic heterocycles. The molecule has 1 aliphatic rings. The van der Waals surface area contributed by atoms with Gasteiger partial charge >= 0.3 is 0 Å². The first-order valence-corrected chi connectivity index (χ1v) is 8.81. The fourth-order valence-electron chi connectivity index (χ4n) is 5.48. The van der Waals surface area contributed by atoms with Crippen molar-refractivity contribution >= 4 is 0 Å². The van der Waals surface area contributed by atoms with Gasteiger partial charge < -0.3 is 4.90 Å². The van der Waals surface area contributed by atoms with E-state index >= 15 is 0 Å². The van der Waals surface area contributed by atoms with E-state index in [0.717, 1.165) is 5.92 Å². The summed E-state index contributed by atoms with van der Waals surface area (Å²) in [6.07, 6.45) is 6.67. The van der Waals surface area contributed by atoms with Crippen LogP contribution in [0.25, 0.3) is 0 Å². The van der Waals surface area contributed by atoms with Gasteiger partial charge in [-0.25, -0.2) is 0 Å². The number of nitrogens with zero attached hydrogens (tertiary/aromatic N) is 1. The van der Waals surface area contributed by atoms with Crippen molar-refractivity contribution in [2.75, 3.05) is 14.1 Å². The molecule has 1 saturated carbocycles. The largest absolute Gasteiger partial charge is 0.306 e. The summed E-state index contributed by atoms with van der Waals surface area (Å²) in [5, 5.41) is 0. The first kappa shape index (κ1) is 18.0. The highest BCUT2D eigenvalue weighted by Crippen LogP contribution is 2.76. The molecule has 0 aromatic carbocycles. The molecule has 0 N–H and O–H groups in total. The smallest absolute Gasteiger partial charge is 0.0148 e. The zero-order valence-corrected chi connectivity index (χ0v) is 15.6. The summed E-state index contributed by atoms with van der Waals surface area (Å²) in [6.45, 7) is 17.3. The third kappa shape index (κ3) is 2.45. The highest BCUT2D eigenvalue weighted by atomic mass is 15.1. The maximum atomic E-state index is 2.59. The lowest BCUT2D eigenvalue weighted by Gasteiger charge is -2.51. The molecule has 1 rings (SSSR count). The van der Waals surface area contributed by atoms with Gasteiger partial charge in [0.1, 0.15) is 0 Å². The van der Waals surface area contributed by atoms with Crippen molar-refractivity contribution in [2.45, 2.75) is 86.6 Å². The van der Waals surface area contributed by atoms with Crippen molar-refractivity contribution in [3.8, 4) is 0 Å². The normalized spacial score (nSPS) is 35.7. The minimum absolute atomic E-state index is 0.407. The van der Waals surface area contributed by atoms with Gasteiger partial charge in [0.25, 0.3) is 0 Å². The van der Waals surface area contributed by atoms with Crippen LogP contribution < -0.4 is 0 Å². The van der Waals surface area contributed by atoms with Gasteiger partial charge in [-0.05, 0) is 55.5 Å². The molecule has 5 unspecified atom stereocenters. The first-order chi connectivity index (χ1) is 9.14. The Bertz CT molecular complexity index is 324. The van der Waals surface area contributed by atoms with Crippen LogP contribution in [0.2, 0.25) is 0 Å². The van der Waals surface area contributed by atoms with Crippen LogP contribution in [0, 0.1) is 22.2 Å². The van der Waals surface area contributed by atoms with E-state index in [1.165, 1.54) is 32.1 Å². The second-order valence-electron chi connectivity index (χ2n) is 8.30. The highest BCUT2D eigenvalue weighted by molar-refractivity contribution is 5.19. The van der Waals surface area contributed by atoms with E-state index in [0.29, 0.717) is 22.3 Å². The van der Waals surface area contributed by atoms with E-state index in [9.17, 15) is 0 Å². The lowest BCUT2D eigenvalue weighted by molar-refractivity contribution is -0.0261. The maximum Gasteiger partial charge on any atom is 0.0148 e. The van der Waals surface area contributed by atoms with E-state index in [2.05, 4.69) is 67.5 Å². The van der Waals surface area contributed by atoms with Crippen LogP contribution in [-0.4, -0.2) is 25.0 Å². The van der Waals surface area contributed by atoms with E-state index < -0.39 is 0 Å². The van der Waals surface area contributed by atoms with E-state index in [-0.39, 0.29) is 0 Å². The summed E-state index contributed by atoms with van der Waals surface area (Å²) < 4.78 is 0. The standard InChI is InChI=1S/C19H39N/c1-10-13-17(5)14-18(17,6)19(7,15(4)11-2)16(12-3)20(8)9/h15-16H,10-14H2,1-9H3. The van der Waals surface area contributed by atoms with Crippen LogP contribution in [0.3, 0.4) is 0 Å². The van der Waals surface area contributed by atoms with Crippen molar-refractivity contribution in [3.05, 3.63) is 0 Å². The van der Waals surface area contributed by atoms with Gasteiger partial charge in [-0.2, -0.15) is 0 Å². The lowest BCUT2D eigenvalue weighted by atomic mass is 9.58. The van der Waals surface area contributed by atoms with Crippen molar-refractivity contribution < 1.29 is 0 Å². The van der Waals surface area contributed by atoms with Crippen molar-refractivity contribution in [2.24, 2.45) is 22.2 Å². The molecule has 0 spiro atoms. The van der Waals surface area contributed by atoms with Crippen LogP contribution in [0.5, 0.6) is 0 Å². The first-order valence-electron chi connectivity index (χ1n) is 8.81. The van der Waals surface area contributed by atoms with Gasteiger partial charge in [0, 0.05) is 6.04 Å². The topological polar surface area (TPSA) is 3.24 Å². The predicted molar refractivity (Wildman–Crippen MR) is 91.1 cm³/mol. The van der Waals surface area contributed by atoms with Gasteiger partial charge in [-0.3, -0.25) is 0 Å². The minimum atomic E-state index is 0.407. The number of rotatable bonds is 8. The molecule has 5 atom stereocenters. The fourth-order valence-corrected chi connectivity index (χ4v) is 5.48. The summed E-state index contributed by atoms with van der Waals surface area (Å²) in [6, 6.07) is 0.682. The molecule has 0 radical (unpaired) electrons. The van der Waals surface area contributed by atoms with Crippen molar-refractivity contribution in [1.82, 2.24) is 4.90 Å². The lowest BCUT2D eigenvalue weighted by Crippen LogP contribution is -2.52. The Hall–Kier alpha value is -0.0400. The van der Waals surface area contributed by atoms with Gasteiger partial charge in [0.15, 0.2) is 0 Å². The van der Waals surface area contributed by atoms with Crippen LogP contribution in [0.15, 0.2) is 0 Å². The van der Waals surface area contributed by atoms with Crippen molar-refractivity contribution in [3.63, 3.8) is 0 Å². The van der Waals surface area contributed by atoms with E-state index in [4.69, 9.17) is 0 Å². The average molecular weight is 282 g/mol. The van der Waals surface area contributed by atoms with Gasteiger partial charge in [-0.1, -0.05) is 61.3 Å². The Morgan fingerprint density at radius 3 is 2.00 bits per heavy atom. The molecule has 0 aliphatic heterocycles. The Morgan fingerprint density at radius 1 is 1.10 bits per heavy atom. The molecule has 120 valence electrons. The molecule has 1 fully saturated rings. The molecule has 1 nitrogen and oxygen atoms in total. The minimum Gasteiger partial charge on any atom is -0.306 e. The Morgan fingerprint density at radius 2 is 1.65 bits per heavy atom. The quantitative estimate of drug-likeness (QED) is 0.560. The Labute approximate surface area is 128 Å². The van der Waals surface area contributed by atoms with Crippen LogP contribution in [0.4, 0.5) is 0 Å². The zero-order valence-electron chi connectivity index (χ0n) is 15.6. The maximum absolute atomic E-state index is 2.59. The summed E-state index contributed by atoms with van der Waals surface area (Å²) in [7, 11) is 4.55. The Balaban J connectivity index is 3.21. The summed E-state index contributed by atoms with van der Waals surface area (Å²) in [4.78, 5) is 2.49. The molecule has 20 heavy (non-hydrogen) atoms. The number of hydrogen-bond donors (Lipinski definition) is 0. The molecule has 0 amide bonds.